The highest BCUT2D eigenvalue weighted by molar-refractivity contribution is 7.73. The normalized spacial score (nSPS) is 9.60. The maximum absolute atomic E-state index is 9.12. The van der Waals surface area contributed by atoms with Crippen LogP contribution in [0.4, 0.5) is 0 Å². The smallest absolute Gasteiger partial charge is 0.203 e. The number of allylic oxidation sites excluding steroid dienone is 1. The van der Waals surface area contributed by atoms with Crippen molar-refractivity contribution in [2.45, 2.75) is 6.54 Å². The Balaban J connectivity index is 3.10. The molecule has 0 aliphatic carbocycles. The van der Waals surface area contributed by atoms with Crippen LogP contribution in [0.1, 0.15) is 0 Å². The third-order valence-corrected chi connectivity index (χ3v) is 2.33. The molecule has 0 spiro atoms. The minimum atomic E-state index is 0.218. The molecule has 54 valence electrons. The topological polar surface area (TPSA) is 25.2 Å². The Morgan fingerprint density at radius 3 is 3.00 bits per heavy atom. The van der Waals surface area contributed by atoms with E-state index < -0.39 is 0 Å². The Bertz CT molecular complexity index is 286. The molecule has 0 saturated carbocycles. The van der Waals surface area contributed by atoms with Gasteiger partial charge in [-0.3, -0.25) is 4.57 Å². The van der Waals surface area contributed by atoms with E-state index in [0.717, 1.165) is 0 Å². The zero-order valence-electron chi connectivity index (χ0n) is 5.28. The van der Waals surface area contributed by atoms with E-state index >= 15 is 0 Å². The first-order chi connectivity index (χ1) is 4.75. The van der Waals surface area contributed by atoms with Crippen molar-refractivity contribution in [3.8, 4) is 5.88 Å². The van der Waals surface area contributed by atoms with Gasteiger partial charge in [-0.05, 0) is 12.2 Å². The van der Waals surface area contributed by atoms with Crippen molar-refractivity contribution < 1.29 is 5.11 Å². The van der Waals surface area contributed by atoms with E-state index in [4.69, 9.17) is 17.3 Å². The van der Waals surface area contributed by atoms with Crippen molar-refractivity contribution in [1.29, 1.82) is 0 Å². The maximum Gasteiger partial charge on any atom is 0.203 e. The molecule has 0 radical (unpaired) electrons. The van der Waals surface area contributed by atoms with Crippen molar-refractivity contribution in [1.82, 2.24) is 4.57 Å². The highest BCUT2D eigenvalue weighted by atomic mass is 32.1. The van der Waals surface area contributed by atoms with Crippen LogP contribution in [0.25, 0.3) is 0 Å². The van der Waals surface area contributed by atoms with Crippen LogP contribution in [0.3, 0.4) is 0 Å². The molecular weight excluding hydrogens is 166 g/mol. The van der Waals surface area contributed by atoms with Crippen molar-refractivity contribution in [3.05, 3.63) is 22.0 Å². The van der Waals surface area contributed by atoms with Crippen molar-refractivity contribution in [3.63, 3.8) is 0 Å². The van der Waals surface area contributed by atoms with Crippen LogP contribution in [0.15, 0.2) is 18.0 Å². The lowest BCUT2D eigenvalue weighted by atomic mass is 10.6. The van der Waals surface area contributed by atoms with Gasteiger partial charge in [-0.25, -0.2) is 0 Å². The highest BCUT2D eigenvalue weighted by Gasteiger charge is 1.97. The molecule has 0 saturated heterocycles. The van der Waals surface area contributed by atoms with Crippen LogP contribution < -0.4 is 0 Å². The summed E-state index contributed by atoms with van der Waals surface area (Å²) in [5.41, 5.74) is 0. The quantitative estimate of drug-likeness (QED) is 0.547. The van der Waals surface area contributed by atoms with E-state index in [2.05, 4.69) is 6.58 Å². The van der Waals surface area contributed by atoms with Gasteiger partial charge in [0.1, 0.15) is 0 Å². The first-order valence-electron chi connectivity index (χ1n) is 2.74. The van der Waals surface area contributed by atoms with Gasteiger partial charge in [-0.1, -0.05) is 6.08 Å². The lowest BCUT2D eigenvalue weighted by Crippen LogP contribution is -1.91. The number of rotatable bonds is 2. The Kier molecular flexibility index (Phi) is 2.24. The summed E-state index contributed by atoms with van der Waals surface area (Å²) in [5.74, 6) is 0.218. The third-order valence-electron chi connectivity index (χ3n) is 1.07. The number of hydrogen-bond donors (Lipinski definition) is 1. The van der Waals surface area contributed by atoms with Crippen LogP contribution in [0.2, 0.25) is 0 Å². The number of hydrogen-bond acceptors (Lipinski definition) is 3. The van der Waals surface area contributed by atoms with E-state index in [1.165, 1.54) is 11.3 Å². The number of aromatic nitrogens is 1. The van der Waals surface area contributed by atoms with E-state index in [-0.39, 0.29) is 5.88 Å². The van der Waals surface area contributed by atoms with Gasteiger partial charge in [0.25, 0.3) is 0 Å². The predicted octanol–water partition coefficient (Wildman–Crippen LogP) is 2.17. The molecule has 0 bridgehead atoms. The van der Waals surface area contributed by atoms with Crippen molar-refractivity contribution >= 4 is 23.6 Å². The fourth-order valence-electron chi connectivity index (χ4n) is 0.621. The second-order valence-electron chi connectivity index (χ2n) is 1.76. The van der Waals surface area contributed by atoms with E-state index in [9.17, 15) is 0 Å². The fraction of sp³-hybridized carbons (Fsp3) is 0.167. The first kappa shape index (κ1) is 7.50. The van der Waals surface area contributed by atoms with Crippen molar-refractivity contribution in [2.24, 2.45) is 0 Å². The second-order valence-corrected chi connectivity index (χ2v) is 3.26. The maximum atomic E-state index is 9.12. The summed E-state index contributed by atoms with van der Waals surface area (Å²) in [7, 11) is 0. The van der Waals surface area contributed by atoms with Crippen LogP contribution in [0.5, 0.6) is 5.88 Å². The molecule has 1 heterocycles. The Hall–Kier alpha value is -0.610. The van der Waals surface area contributed by atoms with Gasteiger partial charge in [-0.2, -0.15) is 0 Å². The molecule has 1 N–H and O–H groups in total. The minimum absolute atomic E-state index is 0.218. The summed E-state index contributed by atoms with van der Waals surface area (Å²) >= 11 is 6.26. The molecule has 4 heteroatoms. The molecule has 10 heavy (non-hydrogen) atoms. The van der Waals surface area contributed by atoms with Crippen LogP contribution in [-0.2, 0) is 6.54 Å². The molecule has 0 amide bonds. The molecule has 1 aromatic heterocycles. The summed E-state index contributed by atoms with van der Waals surface area (Å²) < 4.78 is 2.30. The monoisotopic (exact) mass is 173 g/mol. The van der Waals surface area contributed by atoms with Crippen LogP contribution >= 0.6 is 23.6 Å². The molecule has 0 atom stereocenters. The van der Waals surface area contributed by atoms with Gasteiger partial charge in [0.05, 0.1) is 5.38 Å². The average Bonchev–Trinajstić information content (AvgIpc) is 2.20. The molecule has 1 rings (SSSR count). The summed E-state index contributed by atoms with van der Waals surface area (Å²) in [6.07, 6.45) is 1.70. The number of aromatic hydroxyl groups is 1. The Labute approximate surface area is 68.1 Å². The second kappa shape index (κ2) is 2.98. The van der Waals surface area contributed by atoms with Gasteiger partial charge < -0.3 is 5.11 Å². The van der Waals surface area contributed by atoms with Gasteiger partial charge in [0.2, 0.25) is 5.88 Å². The molecule has 0 aliphatic rings. The largest absolute Gasteiger partial charge is 0.494 e. The minimum Gasteiger partial charge on any atom is -0.494 e. The fourth-order valence-corrected chi connectivity index (χ4v) is 1.56. The molecule has 2 nitrogen and oxygen atoms in total. The zero-order valence-corrected chi connectivity index (χ0v) is 6.91. The third kappa shape index (κ3) is 1.27. The summed E-state index contributed by atoms with van der Waals surface area (Å²) in [6.45, 7) is 4.12. The lowest BCUT2D eigenvalue weighted by Gasteiger charge is -1.96. The van der Waals surface area contributed by atoms with E-state index in [1.807, 2.05) is 0 Å². The van der Waals surface area contributed by atoms with Crippen LogP contribution in [0, 0.1) is 3.95 Å². The zero-order chi connectivity index (χ0) is 7.56. The standard InChI is InChI=1S/C6H7NOS2/c1-2-3-7-5(8)4-10-6(7)9/h2,4,8H,1,3H2. The molecule has 0 fully saturated rings. The van der Waals surface area contributed by atoms with Gasteiger partial charge in [0, 0.05) is 6.54 Å². The van der Waals surface area contributed by atoms with E-state index in [1.54, 1.807) is 16.0 Å². The number of thiazole rings is 1. The van der Waals surface area contributed by atoms with E-state index in [0.29, 0.717) is 10.5 Å². The van der Waals surface area contributed by atoms with Crippen LogP contribution in [-0.4, -0.2) is 9.67 Å². The van der Waals surface area contributed by atoms with Gasteiger partial charge in [0.15, 0.2) is 3.95 Å². The Morgan fingerprint density at radius 1 is 1.90 bits per heavy atom. The van der Waals surface area contributed by atoms with Crippen molar-refractivity contribution in [2.75, 3.05) is 0 Å². The molecule has 0 unspecified atom stereocenters. The molecule has 1 aromatic rings. The van der Waals surface area contributed by atoms with Gasteiger partial charge in [-0.15, -0.1) is 17.9 Å². The van der Waals surface area contributed by atoms with Gasteiger partial charge >= 0.3 is 0 Å². The summed E-state index contributed by atoms with van der Waals surface area (Å²) in [5, 5.41) is 10.7. The predicted molar refractivity (Wildman–Crippen MR) is 45.0 cm³/mol. The first-order valence-corrected chi connectivity index (χ1v) is 4.02. The molecule has 0 aromatic carbocycles. The SMILES string of the molecule is C=CCn1c(O)csc1=S. The molecule has 0 aliphatic heterocycles. The highest BCUT2D eigenvalue weighted by Crippen LogP contribution is 2.16. The lowest BCUT2D eigenvalue weighted by molar-refractivity contribution is 0.425. The summed E-state index contributed by atoms with van der Waals surface area (Å²) in [6, 6.07) is 0. The average molecular weight is 173 g/mol. The molecular formula is C6H7NOS2. The number of nitrogens with zero attached hydrogens (tertiary/aromatic N) is 1. The summed E-state index contributed by atoms with van der Waals surface area (Å²) in [4.78, 5) is 0. The Morgan fingerprint density at radius 2 is 2.60 bits per heavy atom.